The number of hydrogen-bond donors (Lipinski definition) is 2. The molecular weight excluding hydrogens is 340 g/mol. The van der Waals surface area contributed by atoms with Crippen LogP contribution in [0.4, 0.5) is 11.4 Å². The minimum atomic E-state index is 0.417. The van der Waals surface area contributed by atoms with Gasteiger partial charge in [-0.25, -0.2) is 0 Å². The van der Waals surface area contributed by atoms with Crippen LogP contribution < -0.4 is 11.5 Å². The van der Waals surface area contributed by atoms with Crippen molar-refractivity contribution in [3.05, 3.63) is 71.8 Å². The monoisotopic (exact) mass is 368 g/mol. The predicted octanol–water partition coefficient (Wildman–Crippen LogP) is 7.07. The Morgan fingerprint density at radius 2 is 1.14 bits per heavy atom. The van der Waals surface area contributed by atoms with Crippen LogP contribution in [0.5, 0.6) is 0 Å². The molecule has 0 saturated carbocycles. The van der Waals surface area contributed by atoms with Gasteiger partial charge in [0.2, 0.25) is 0 Å². The Balaban J connectivity index is 2.00. The Labute approximate surface area is 167 Å². The highest BCUT2D eigenvalue weighted by atomic mass is 14.5. The molecule has 0 spiro atoms. The van der Waals surface area contributed by atoms with E-state index in [-0.39, 0.29) is 0 Å². The maximum atomic E-state index is 6.24. The third-order valence-corrected chi connectivity index (χ3v) is 5.60. The summed E-state index contributed by atoms with van der Waals surface area (Å²) in [5, 5.41) is 4.96. The van der Waals surface area contributed by atoms with Crippen molar-refractivity contribution in [1.29, 1.82) is 0 Å². The molecule has 0 heterocycles. The van der Waals surface area contributed by atoms with E-state index in [2.05, 4.69) is 76.2 Å². The lowest BCUT2D eigenvalue weighted by molar-refractivity contribution is 0.868. The Bertz CT molecular complexity index is 1190. The minimum Gasteiger partial charge on any atom is -0.399 e. The van der Waals surface area contributed by atoms with Gasteiger partial charge < -0.3 is 11.5 Å². The fourth-order valence-electron chi connectivity index (χ4n) is 4.11. The van der Waals surface area contributed by atoms with E-state index in [1.165, 1.54) is 43.8 Å². The molecule has 4 rings (SSSR count). The number of nitrogen functional groups attached to an aromatic ring is 2. The number of benzene rings is 4. The van der Waals surface area contributed by atoms with Gasteiger partial charge in [0.1, 0.15) is 0 Å². The Hall–Kier alpha value is -3.00. The maximum Gasteiger partial charge on any atom is 0.0323 e. The third kappa shape index (κ3) is 3.20. The molecule has 0 amide bonds. The van der Waals surface area contributed by atoms with Crippen LogP contribution in [0.2, 0.25) is 0 Å². The number of fused-ring (bicyclic) bond motifs is 2. The zero-order chi connectivity index (χ0) is 20.0. The molecule has 0 unspecified atom stereocenters. The lowest BCUT2D eigenvalue weighted by Crippen LogP contribution is -1.98. The third-order valence-electron chi connectivity index (χ3n) is 5.60. The van der Waals surface area contributed by atoms with E-state index in [1.807, 2.05) is 12.1 Å². The molecule has 2 nitrogen and oxygen atoms in total. The molecule has 142 valence electrons. The molecule has 2 heteroatoms. The van der Waals surface area contributed by atoms with Gasteiger partial charge in [0.25, 0.3) is 0 Å². The maximum absolute atomic E-state index is 6.24. The van der Waals surface area contributed by atoms with Crippen LogP contribution in [-0.4, -0.2) is 0 Å². The predicted molar refractivity (Wildman–Crippen MR) is 124 cm³/mol. The summed E-state index contributed by atoms with van der Waals surface area (Å²) in [6, 6.07) is 21.6. The first-order valence-electron chi connectivity index (χ1n) is 10.00. The summed E-state index contributed by atoms with van der Waals surface area (Å²) in [6.07, 6.45) is 0. The summed E-state index contributed by atoms with van der Waals surface area (Å²) in [4.78, 5) is 0. The molecule has 0 aliphatic carbocycles. The molecule has 0 aliphatic heterocycles. The molecule has 0 fully saturated rings. The second-order valence-corrected chi connectivity index (χ2v) is 8.40. The summed E-state index contributed by atoms with van der Waals surface area (Å²) in [6.45, 7) is 8.96. The highest BCUT2D eigenvalue weighted by Crippen LogP contribution is 2.37. The number of nitrogens with two attached hydrogens (primary N) is 2. The summed E-state index contributed by atoms with van der Waals surface area (Å²) >= 11 is 0. The van der Waals surface area contributed by atoms with Crippen LogP contribution in [-0.2, 0) is 0 Å². The molecule has 4 aromatic rings. The highest BCUT2D eigenvalue weighted by molar-refractivity contribution is 5.97. The van der Waals surface area contributed by atoms with E-state index in [9.17, 15) is 0 Å². The normalized spacial score (nSPS) is 11.8. The molecule has 0 radical (unpaired) electrons. The first-order chi connectivity index (χ1) is 13.3. The van der Waals surface area contributed by atoms with Gasteiger partial charge in [0.05, 0.1) is 0 Å². The Morgan fingerprint density at radius 1 is 0.536 bits per heavy atom. The van der Waals surface area contributed by atoms with E-state index in [1.54, 1.807) is 0 Å². The Morgan fingerprint density at radius 3 is 1.86 bits per heavy atom. The van der Waals surface area contributed by atoms with Crippen molar-refractivity contribution < 1.29 is 0 Å². The van der Waals surface area contributed by atoms with Gasteiger partial charge in [0.15, 0.2) is 0 Å². The van der Waals surface area contributed by atoms with E-state index in [0.717, 1.165) is 11.4 Å². The minimum absolute atomic E-state index is 0.417. The van der Waals surface area contributed by atoms with Crippen molar-refractivity contribution in [1.82, 2.24) is 0 Å². The SMILES string of the molecule is CC(C)c1cc(-c2ccc3cc(N)ccc3c2)cc2c(C(C)C)cc(N)cc12. The molecule has 0 saturated heterocycles. The summed E-state index contributed by atoms with van der Waals surface area (Å²) in [5.74, 6) is 0.838. The van der Waals surface area contributed by atoms with Crippen LogP contribution in [0.3, 0.4) is 0 Å². The first-order valence-corrected chi connectivity index (χ1v) is 10.00. The van der Waals surface area contributed by atoms with E-state index < -0.39 is 0 Å². The van der Waals surface area contributed by atoms with Gasteiger partial charge in [-0.3, -0.25) is 0 Å². The van der Waals surface area contributed by atoms with Crippen LogP contribution in [0.15, 0.2) is 60.7 Å². The molecule has 0 atom stereocenters. The van der Waals surface area contributed by atoms with Crippen molar-refractivity contribution in [3.8, 4) is 11.1 Å². The lowest BCUT2D eigenvalue weighted by atomic mass is 9.86. The van der Waals surface area contributed by atoms with Crippen molar-refractivity contribution in [2.45, 2.75) is 39.5 Å². The lowest BCUT2D eigenvalue weighted by Gasteiger charge is -2.18. The molecule has 28 heavy (non-hydrogen) atoms. The van der Waals surface area contributed by atoms with Crippen LogP contribution >= 0.6 is 0 Å². The molecular formula is C26H28N2. The Kier molecular flexibility index (Phi) is 4.50. The molecule has 0 aromatic heterocycles. The van der Waals surface area contributed by atoms with Crippen molar-refractivity contribution in [2.24, 2.45) is 0 Å². The number of rotatable bonds is 3. The second-order valence-electron chi connectivity index (χ2n) is 8.40. The molecule has 0 bridgehead atoms. The van der Waals surface area contributed by atoms with E-state index >= 15 is 0 Å². The molecule has 4 N–H and O–H groups in total. The summed E-state index contributed by atoms with van der Waals surface area (Å²) in [5.41, 5.74) is 19.0. The molecule has 0 aliphatic rings. The van der Waals surface area contributed by atoms with Crippen LogP contribution in [0.25, 0.3) is 32.7 Å². The van der Waals surface area contributed by atoms with Gasteiger partial charge in [-0.05, 0) is 92.0 Å². The van der Waals surface area contributed by atoms with Crippen molar-refractivity contribution in [2.75, 3.05) is 11.5 Å². The van der Waals surface area contributed by atoms with Gasteiger partial charge in [-0.2, -0.15) is 0 Å². The molecule has 4 aromatic carbocycles. The standard InChI is InChI=1S/C26H28N2/c1-15(2)23-11-20(12-25-24(16(3)4)13-22(28)14-26(23)25)18-5-6-19-10-21(27)8-7-17(19)9-18/h5-16H,27-28H2,1-4H3. The summed E-state index contributed by atoms with van der Waals surface area (Å²) in [7, 11) is 0. The van der Waals surface area contributed by atoms with Gasteiger partial charge in [-0.15, -0.1) is 0 Å². The van der Waals surface area contributed by atoms with E-state index in [0.29, 0.717) is 11.8 Å². The number of anilines is 2. The zero-order valence-corrected chi connectivity index (χ0v) is 17.1. The van der Waals surface area contributed by atoms with Gasteiger partial charge in [0, 0.05) is 11.4 Å². The topological polar surface area (TPSA) is 52.0 Å². The average Bonchev–Trinajstić information content (AvgIpc) is 2.65. The van der Waals surface area contributed by atoms with Crippen molar-refractivity contribution >= 4 is 32.9 Å². The van der Waals surface area contributed by atoms with Gasteiger partial charge >= 0.3 is 0 Å². The second kappa shape index (κ2) is 6.87. The van der Waals surface area contributed by atoms with Gasteiger partial charge in [-0.1, -0.05) is 52.0 Å². The highest BCUT2D eigenvalue weighted by Gasteiger charge is 2.14. The fraction of sp³-hybridized carbons (Fsp3) is 0.231. The smallest absolute Gasteiger partial charge is 0.0323 e. The number of hydrogen-bond acceptors (Lipinski definition) is 2. The largest absolute Gasteiger partial charge is 0.399 e. The van der Waals surface area contributed by atoms with Crippen LogP contribution in [0, 0.1) is 0 Å². The van der Waals surface area contributed by atoms with E-state index in [4.69, 9.17) is 11.5 Å². The summed E-state index contributed by atoms with van der Waals surface area (Å²) < 4.78 is 0. The quantitative estimate of drug-likeness (QED) is 0.380. The van der Waals surface area contributed by atoms with Crippen molar-refractivity contribution in [3.63, 3.8) is 0 Å². The van der Waals surface area contributed by atoms with Crippen LogP contribution in [0.1, 0.15) is 50.7 Å². The zero-order valence-electron chi connectivity index (χ0n) is 17.1. The average molecular weight is 369 g/mol. The first kappa shape index (κ1) is 18.4. The fourth-order valence-corrected chi connectivity index (χ4v) is 4.11.